The number of aromatic hydroxyl groups is 1. The average Bonchev–Trinajstić information content (AvgIpc) is 2.37. The van der Waals surface area contributed by atoms with Crippen molar-refractivity contribution in [3.05, 3.63) is 48.2 Å². The fourth-order valence-corrected chi connectivity index (χ4v) is 2.54. The largest absolute Gasteiger partial charge is 0.507 e. The second-order valence-electron chi connectivity index (χ2n) is 4.13. The van der Waals surface area contributed by atoms with E-state index in [4.69, 9.17) is 17.4 Å². The summed E-state index contributed by atoms with van der Waals surface area (Å²) in [7, 11) is 0. The molecule has 6 nitrogen and oxygen atoms in total. The molecule has 0 unspecified atom stereocenters. The van der Waals surface area contributed by atoms with Crippen molar-refractivity contribution in [3.63, 3.8) is 0 Å². The first-order valence-electron chi connectivity index (χ1n) is 5.44. The van der Waals surface area contributed by atoms with Gasteiger partial charge in [-0.15, -0.1) is 0 Å². The third-order valence-corrected chi connectivity index (χ3v) is 3.67. The molecule has 118 valence electrons. The van der Waals surface area contributed by atoms with E-state index in [9.17, 15) is 27.9 Å². The molecule has 1 aromatic heterocycles. The summed E-state index contributed by atoms with van der Waals surface area (Å²) in [6.45, 7) is 0. The molecule has 11 heteroatoms. The Bertz CT molecular complexity index is 876. The van der Waals surface area contributed by atoms with Crippen LogP contribution < -0.4 is 17.1 Å². The van der Waals surface area contributed by atoms with E-state index in [1.54, 1.807) is 4.98 Å². The summed E-state index contributed by atoms with van der Waals surface area (Å²) in [6, 6.07) is 1.97. The van der Waals surface area contributed by atoms with Crippen LogP contribution in [0.2, 0.25) is 5.02 Å². The molecule has 1 aromatic carbocycles. The van der Waals surface area contributed by atoms with Gasteiger partial charge in [0.25, 0.3) is 5.56 Å². The number of nitrogens with zero attached hydrogens (tertiary/aromatic N) is 1. The van der Waals surface area contributed by atoms with Gasteiger partial charge < -0.3 is 10.9 Å². The first-order chi connectivity index (χ1) is 10.0. The van der Waals surface area contributed by atoms with Gasteiger partial charge in [0.05, 0.1) is 15.1 Å². The highest BCUT2D eigenvalue weighted by Gasteiger charge is 2.39. The van der Waals surface area contributed by atoms with Crippen LogP contribution in [0.3, 0.4) is 0 Å². The summed E-state index contributed by atoms with van der Waals surface area (Å²) < 4.78 is 39.4. The number of H-pyrrole nitrogens is 1. The van der Waals surface area contributed by atoms with Gasteiger partial charge in [0.15, 0.2) is 5.69 Å². The standard InChI is InChI=1S/C11H6BrClF3N3O3/c12-4-2-5(13)3(1-6(4)20)7-8(11(14,15)16)19(17)10(22)18-9(7)21/h1-2,20H,17H2,(H,18,21,22). The van der Waals surface area contributed by atoms with E-state index in [0.717, 1.165) is 12.1 Å². The van der Waals surface area contributed by atoms with Gasteiger partial charge in [0.2, 0.25) is 0 Å². The molecule has 1 heterocycles. The Hall–Kier alpha value is -1.94. The molecular formula is C11H6BrClF3N3O3. The van der Waals surface area contributed by atoms with Gasteiger partial charge in [0.1, 0.15) is 5.75 Å². The number of phenolic OH excluding ortho intramolecular Hbond substituents is 1. The van der Waals surface area contributed by atoms with Crippen LogP contribution in [0.25, 0.3) is 11.1 Å². The number of nitrogens with one attached hydrogen (secondary N) is 1. The first kappa shape index (κ1) is 16.4. The molecule has 0 spiro atoms. The summed E-state index contributed by atoms with van der Waals surface area (Å²) in [4.78, 5) is 24.8. The Morgan fingerprint density at radius 3 is 2.45 bits per heavy atom. The lowest BCUT2D eigenvalue weighted by Gasteiger charge is -2.16. The molecule has 4 N–H and O–H groups in total. The lowest BCUT2D eigenvalue weighted by atomic mass is 10.0. The van der Waals surface area contributed by atoms with Gasteiger partial charge >= 0.3 is 11.9 Å². The first-order valence-corrected chi connectivity index (χ1v) is 6.61. The van der Waals surface area contributed by atoms with Crippen LogP contribution >= 0.6 is 27.5 Å². The maximum Gasteiger partial charge on any atom is 0.434 e. The number of halogens is 5. The van der Waals surface area contributed by atoms with Gasteiger partial charge in [-0.3, -0.25) is 9.78 Å². The van der Waals surface area contributed by atoms with Gasteiger partial charge in [0, 0.05) is 5.56 Å². The highest BCUT2D eigenvalue weighted by atomic mass is 79.9. The zero-order chi connectivity index (χ0) is 16.8. The number of hydrogen-bond donors (Lipinski definition) is 3. The molecular weight excluding hydrogens is 394 g/mol. The fourth-order valence-electron chi connectivity index (χ4n) is 1.81. The van der Waals surface area contributed by atoms with Gasteiger partial charge in [-0.25, -0.2) is 9.47 Å². The lowest BCUT2D eigenvalue weighted by molar-refractivity contribution is -0.142. The predicted molar refractivity (Wildman–Crippen MR) is 76.3 cm³/mol. The Labute approximate surface area is 133 Å². The molecule has 0 atom stereocenters. The Morgan fingerprint density at radius 2 is 1.91 bits per heavy atom. The zero-order valence-electron chi connectivity index (χ0n) is 10.3. The quantitative estimate of drug-likeness (QED) is 0.638. The third-order valence-electron chi connectivity index (χ3n) is 2.72. The van der Waals surface area contributed by atoms with E-state index in [1.165, 1.54) is 0 Å². The predicted octanol–water partition coefficient (Wildman–Crippen LogP) is 2.06. The van der Waals surface area contributed by atoms with Gasteiger partial charge in [-0.1, -0.05) is 11.6 Å². The smallest absolute Gasteiger partial charge is 0.434 e. The van der Waals surface area contributed by atoms with E-state index >= 15 is 0 Å². The van der Waals surface area contributed by atoms with Crippen molar-refractivity contribution in [2.45, 2.75) is 6.18 Å². The van der Waals surface area contributed by atoms with Crippen LogP contribution in [0.4, 0.5) is 13.2 Å². The van der Waals surface area contributed by atoms with Crippen LogP contribution in [0.1, 0.15) is 5.69 Å². The number of alkyl halides is 3. The summed E-state index contributed by atoms with van der Waals surface area (Å²) >= 11 is 8.77. The van der Waals surface area contributed by atoms with Crippen LogP contribution in [0.5, 0.6) is 5.75 Å². The number of nitrogens with two attached hydrogens (primary N) is 1. The topological polar surface area (TPSA) is 101 Å². The number of aromatic amines is 1. The molecule has 0 saturated heterocycles. The summed E-state index contributed by atoms with van der Waals surface area (Å²) in [6.07, 6.45) is -5.09. The number of aromatic nitrogens is 2. The molecule has 0 amide bonds. The van der Waals surface area contributed by atoms with E-state index in [-0.39, 0.29) is 14.2 Å². The molecule has 0 fully saturated rings. The maximum atomic E-state index is 13.2. The van der Waals surface area contributed by atoms with E-state index in [1.807, 2.05) is 0 Å². The van der Waals surface area contributed by atoms with Gasteiger partial charge in [-0.05, 0) is 28.1 Å². The van der Waals surface area contributed by atoms with Gasteiger partial charge in [-0.2, -0.15) is 13.2 Å². The fraction of sp³-hybridized carbons (Fsp3) is 0.0909. The minimum absolute atomic E-state index is 0.118. The Kier molecular flexibility index (Phi) is 4.00. The van der Waals surface area contributed by atoms with Crippen molar-refractivity contribution in [1.29, 1.82) is 0 Å². The molecule has 0 aliphatic rings. The number of hydrogen-bond acceptors (Lipinski definition) is 4. The second-order valence-corrected chi connectivity index (χ2v) is 5.40. The van der Waals surface area contributed by atoms with Crippen molar-refractivity contribution >= 4 is 27.5 Å². The Morgan fingerprint density at radius 1 is 1.32 bits per heavy atom. The van der Waals surface area contributed by atoms with Crippen molar-refractivity contribution < 1.29 is 18.3 Å². The highest BCUT2D eigenvalue weighted by Crippen LogP contribution is 2.39. The molecule has 22 heavy (non-hydrogen) atoms. The minimum Gasteiger partial charge on any atom is -0.507 e. The maximum absolute atomic E-state index is 13.2. The number of nitrogen functional groups attached to an aromatic ring is 1. The third kappa shape index (κ3) is 2.71. The second kappa shape index (κ2) is 5.36. The van der Waals surface area contributed by atoms with Crippen LogP contribution in [0.15, 0.2) is 26.2 Å². The molecule has 2 aromatic rings. The zero-order valence-corrected chi connectivity index (χ0v) is 12.7. The summed E-state index contributed by atoms with van der Waals surface area (Å²) in [5, 5.41) is 9.34. The SMILES string of the molecule is Nn1c(C(F)(F)F)c(-c2cc(O)c(Br)cc2Cl)c(=O)[nH]c1=O. The summed E-state index contributed by atoms with van der Waals surface area (Å²) in [5.74, 6) is 4.65. The normalized spacial score (nSPS) is 11.7. The van der Waals surface area contributed by atoms with Crippen LogP contribution in [0, 0.1) is 0 Å². The molecule has 0 bridgehead atoms. The van der Waals surface area contributed by atoms with Crippen molar-refractivity contribution in [1.82, 2.24) is 9.66 Å². The minimum atomic E-state index is -5.09. The van der Waals surface area contributed by atoms with Crippen molar-refractivity contribution in [2.75, 3.05) is 5.84 Å². The Balaban J connectivity index is 2.99. The van der Waals surface area contributed by atoms with E-state index in [0.29, 0.717) is 0 Å². The molecule has 0 saturated carbocycles. The number of benzene rings is 1. The summed E-state index contributed by atoms with van der Waals surface area (Å²) in [5.41, 5.74) is -5.83. The number of rotatable bonds is 1. The van der Waals surface area contributed by atoms with Crippen molar-refractivity contribution in [2.24, 2.45) is 0 Å². The van der Waals surface area contributed by atoms with E-state index < -0.39 is 40.0 Å². The highest BCUT2D eigenvalue weighted by molar-refractivity contribution is 9.10. The average molecular weight is 401 g/mol. The molecule has 2 rings (SSSR count). The van der Waals surface area contributed by atoms with E-state index in [2.05, 4.69) is 15.9 Å². The molecule has 0 radical (unpaired) electrons. The molecule has 0 aliphatic heterocycles. The molecule has 0 aliphatic carbocycles. The van der Waals surface area contributed by atoms with Crippen LogP contribution in [-0.2, 0) is 6.18 Å². The lowest BCUT2D eigenvalue weighted by Crippen LogP contribution is -2.41. The van der Waals surface area contributed by atoms with Crippen LogP contribution in [-0.4, -0.2) is 14.8 Å². The number of phenols is 1. The monoisotopic (exact) mass is 399 g/mol. The van der Waals surface area contributed by atoms with Crippen molar-refractivity contribution in [3.8, 4) is 16.9 Å².